The fraction of sp³-hybridized carbons (Fsp3) is 0.295. The van der Waals surface area contributed by atoms with E-state index in [0.29, 0.717) is 24.5 Å². The number of hydrogen-bond acceptors (Lipinski definition) is 6. The van der Waals surface area contributed by atoms with E-state index in [1.54, 1.807) is 37.3 Å². The fourth-order valence-corrected chi connectivity index (χ4v) is 6.17. The predicted molar refractivity (Wildman–Crippen MR) is 217 cm³/mol. The van der Waals surface area contributed by atoms with Crippen LogP contribution in [0.3, 0.4) is 0 Å². The quantitative estimate of drug-likeness (QED) is 0.109. The van der Waals surface area contributed by atoms with Crippen LogP contribution in [0.25, 0.3) is 11.1 Å². The van der Waals surface area contributed by atoms with E-state index in [2.05, 4.69) is 6.58 Å². The molecule has 1 amide bonds. The maximum Gasteiger partial charge on any atom is 0.415 e. The van der Waals surface area contributed by atoms with Gasteiger partial charge in [0, 0.05) is 30.8 Å². The maximum atomic E-state index is 12.8. The smallest absolute Gasteiger partial charge is 0.415 e. The third-order valence-corrected chi connectivity index (χ3v) is 9.20. The summed E-state index contributed by atoms with van der Waals surface area (Å²) in [6.45, 7) is 16.3. The van der Waals surface area contributed by atoms with E-state index >= 15 is 0 Å². The molecule has 1 heterocycles. The Bertz CT molecular complexity index is 1710. The number of halogens is 1. The van der Waals surface area contributed by atoms with Crippen molar-refractivity contribution in [2.24, 2.45) is 0 Å². The largest absolute Gasteiger partial charge is 0.489 e. The average Bonchev–Trinajstić information content (AvgIpc) is 3.60. The molecule has 0 bridgehead atoms. The highest BCUT2D eigenvalue weighted by Crippen LogP contribution is 2.40. The number of amides is 1. The lowest BCUT2D eigenvalue weighted by atomic mass is 9.99. The zero-order valence-electron chi connectivity index (χ0n) is 32.3. The first-order valence-electron chi connectivity index (χ1n) is 18.0. The van der Waals surface area contributed by atoms with Crippen molar-refractivity contribution in [1.29, 1.82) is 0 Å². The van der Waals surface area contributed by atoms with E-state index in [1.807, 2.05) is 133 Å². The number of carbonyl (C=O) groups is 1. The molecular weight excluding hydrogens is 688 g/mol. The van der Waals surface area contributed by atoms with Gasteiger partial charge in [0.15, 0.2) is 0 Å². The normalized spacial score (nSPS) is 14.2. The van der Waals surface area contributed by atoms with Gasteiger partial charge in [-0.25, -0.2) is 9.18 Å². The Balaban J connectivity index is 0.000000546. The standard InChI is InChI=1S/C31H32NO5P.C9H11FO.2C2H6/c1-5-7-13-26(6-2)32-29(22-37-31(32)33)28-19-16-25(20-30(28)36-21-23-11-9-8-10-12-23)24-14-17-27(18-15-24)38(34-3)35-4;1-2-9(11)7-3-5-8(10)6-4-7;2*1-2/h5-20,29H,2,21-22H2,1,3-4H3;3-6,9,11H,2H2,1H3;2*1-2H3/b7-5-,26-13+;;;. The number of aliphatic hydroxyl groups is 1. The van der Waals surface area contributed by atoms with Crippen LogP contribution in [0.4, 0.5) is 9.18 Å². The van der Waals surface area contributed by atoms with Gasteiger partial charge in [-0.1, -0.05) is 120 Å². The molecule has 0 aromatic heterocycles. The van der Waals surface area contributed by atoms with Crippen molar-refractivity contribution in [2.75, 3.05) is 20.8 Å². The SMILES string of the molecule is C=C/C(=C\C=C/C)N1C(=O)OCC1c1ccc(-c2ccc(P(OC)OC)cc2)cc1OCc1ccccc1.CC.CC.CCC(O)c1ccc(F)cc1. The van der Waals surface area contributed by atoms with Crippen LogP contribution in [-0.2, 0) is 20.4 Å². The molecule has 0 spiro atoms. The van der Waals surface area contributed by atoms with Gasteiger partial charge < -0.3 is 23.6 Å². The highest BCUT2D eigenvalue weighted by Gasteiger charge is 2.37. The van der Waals surface area contributed by atoms with Gasteiger partial charge in [0.05, 0.1) is 6.10 Å². The molecule has 1 saturated heterocycles. The predicted octanol–water partition coefficient (Wildman–Crippen LogP) is 11.6. The number of rotatable bonds is 13. The summed E-state index contributed by atoms with van der Waals surface area (Å²) in [5.41, 5.74) is 5.37. The van der Waals surface area contributed by atoms with Crippen LogP contribution in [-0.4, -0.2) is 36.9 Å². The molecule has 0 saturated carbocycles. The minimum absolute atomic E-state index is 0.215. The lowest BCUT2D eigenvalue weighted by molar-refractivity contribution is 0.165. The van der Waals surface area contributed by atoms with Gasteiger partial charge in [0.2, 0.25) is 8.38 Å². The van der Waals surface area contributed by atoms with Crippen LogP contribution in [0.2, 0.25) is 0 Å². The van der Waals surface area contributed by atoms with Crippen LogP contribution in [0, 0.1) is 5.82 Å². The summed E-state index contributed by atoms with van der Waals surface area (Å²) < 4.78 is 35.1. The Hall–Kier alpha value is -4.59. The summed E-state index contributed by atoms with van der Waals surface area (Å²) in [6.07, 6.45) is 7.07. The van der Waals surface area contributed by atoms with Crippen LogP contribution < -0.4 is 10.0 Å². The molecule has 7 nitrogen and oxygen atoms in total. The maximum absolute atomic E-state index is 12.8. The minimum atomic E-state index is -1.10. The number of nitrogens with zero attached hydrogens (tertiary/aromatic N) is 1. The third-order valence-electron chi connectivity index (χ3n) is 7.81. The van der Waals surface area contributed by atoms with Crippen LogP contribution >= 0.6 is 8.38 Å². The van der Waals surface area contributed by atoms with Crippen LogP contribution in [0.15, 0.2) is 134 Å². The second kappa shape index (κ2) is 24.6. The number of cyclic esters (lactones) is 1. The van der Waals surface area contributed by atoms with E-state index in [1.165, 1.54) is 12.1 Å². The molecule has 2 unspecified atom stereocenters. The van der Waals surface area contributed by atoms with Crippen molar-refractivity contribution in [1.82, 2.24) is 4.90 Å². The summed E-state index contributed by atoms with van der Waals surface area (Å²) in [5.74, 6) is 0.422. The molecule has 0 aliphatic carbocycles. The topological polar surface area (TPSA) is 77.5 Å². The second-order valence-corrected chi connectivity index (χ2v) is 12.7. The average molecular weight is 744 g/mol. The molecule has 53 heavy (non-hydrogen) atoms. The van der Waals surface area contributed by atoms with Crippen molar-refractivity contribution >= 4 is 19.8 Å². The molecular formula is C44H55FNO6P. The molecule has 1 aliphatic rings. The Morgan fingerprint density at radius 1 is 0.962 bits per heavy atom. The third kappa shape index (κ3) is 13.1. The molecule has 284 valence electrons. The van der Waals surface area contributed by atoms with Crippen molar-refractivity contribution < 1.29 is 32.8 Å². The van der Waals surface area contributed by atoms with Gasteiger partial charge in [0.25, 0.3) is 0 Å². The Morgan fingerprint density at radius 3 is 2.15 bits per heavy atom. The lowest BCUT2D eigenvalue weighted by Gasteiger charge is -2.25. The first-order valence-corrected chi connectivity index (χ1v) is 19.2. The van der Waals surface area contributed by atoms with Gasteiger partial charge >= 0.3 is 6.09 Å². The fourth-order valence-electron chi connectivity index (χ4n) is 5.21. The molecule has 0 radical (unpaired) electrons. The number of ether oxygens (including phenoxy) is 2. The molecule has 1 aliphatic heterocycles. The molecule has 2 atom stereocenters. The highest BCUT2D eigenvalue weighted by molar-refractivity contribution is 7.55. The van der Waals surface area contributed by atoms with Gasteiger partial charge in [-0.2, -0.15) is 0 Å². The molecule has 9 heteroatoms. The molecule has 4 aromatic rings. The van der Waals surface area contributed by atoms with E-state index in [4.69, 9.17) is 18.5 Å². The number of hydrogen-bond donors (Lipinski definition) is 1. The number of carbonyl (C=O) groups excluding carboxylic acids is 1. The first-order chi connectivity index (χ1) is 25.8. The van der Waals surface area contributed by atoms with Gasteiger partial charge in [-0.3, -0.25) is 4.90 Å². The van der Waals surface area contributed by atoms with Gasteiger partial charge in [0.1, 0.15) is 30.8 Å². The summed E-state index contributed by atoms with van der Waals surface area (Å²) in [7, 11) is 2.19. The summed E-state index contributed by atoms with van der Waals surface area (Å²) in [6, 6.07) is 29.7. The summed E-state index contributed by atoms with van der Waals surface area (Å²) in [4.78, 5) is 14.4. The van der Waals surface area contributed by atoms with Gasteiger partial charge in [-0.15, -0.1) is 0 Å². The molecule has 5 rings (SSSR count). The minimum Gasteiger partial charge on any atom is -0.489 e. The van der Waals surface area contributed by atoms with Gasteiger partial charge in [-0.05, 0) is 78.1 Å². The van der Waals surface area contributed by atoms with E-state index < -0.39 is 20.6 Å². The zero-order valence-corrected chi connectivity index (χ0v) is 33.2. The second-order valence-electron chi connectivity index (χ2n) is 11.0. The first kappa shape index (κ1) is 44.6. The number of aliphatic hydroxyl groups excluding tert-OH is 1. The molecule has 1 N–H and O–H groups in total. The van der Waals surface area contributed by atoms with E-state index in [9.17, 15) is 14.3 Å². The lowest BCUT2D eigenvalue weighted by Crippen LogP contribution is -2.26. The van der Waals surface area contributed by atoms with E-state index in [0.717, 1.165) is 33.1 Å². The number of allylic oxidation sites excluding steroid dienone is 4. The Labute approximate surface area is 317 Å². The van der Waals surface area contributed by atoms with Crippen molar-refractivity contribution in [2.45, 2.75) is 66.7 Å². The van der Waals surface area contributed by atoms with Crippen molar-refractivity contribution in [3.05, 3.63) is 156 Å². The Morgan fingerprint density at radius 2 is 1.58 bits per heavy atom. The Kier molecular flexibility index (Phi) is 20.7. The highest BCUT2D eigenvalue weighted by atomic mass is 31.2. The molecule has 1 fully saturated rings. The number of benzene rings is 4. The van der Waals surface area contributed by atoms with Crippen molar-refractivity contribution in [3.8, 4) is 16.9 Å². The van der Waals surface area contributed by atoms with E-state index in [-0.39, 0.29) is 18.5 Å². The van der Waals surface area contributed by atoms with Crippen LogP contribution in [0.1, 0.15) is 76.8 Å². The molecule has 4 aromatic carbocycles. The summed E-state index contributed by atoms with van der Waals surface area (Å²) >= 11 is 0. The zero-order chi connectivity index (χ0) is 39.2. The van der Waals surface area contributed by atoms with Crippen molar-refractivity contribution in [3.63, 3.8) is 0 Å². The van der Waals surface area contributed by atoms with Crippen LogP contribution in [0.5, 0.6) is 5.75 Å². The summed E-state index contributed by atoms with van der Waals surface area (Å²) in [5, 5.41) is 10.3. The monoisotopic (exact) mass is 743 g/mol.